The van der Waals surface area contributed by atoms with Crippen LogP contribution in [-0.4, -0.2) is 33.7 Å². The van der Waals surface area contributed by atoms with Gasteiger partial charge in [-0.1, -0.05) is 35.5 Å². The van der Waals surface area contributed by atoms with E-state index in [1.54, 1.807) is 4.90 Å². The molecule has 0 spiro atoms. The number of aliphatic hydroxyl groups is 1. The Hall–Kier alpha value is -2.14. The maximum atomic E-state index is 11.9. The number of hydrogen-bond acceptors (Lipinski definition) is 4. The van der Waals surface area contributed by atoms with Gasteiger partial charge in [-0.25, -0.2) is 0 Å². The molecule has 0 bridgehead atoms. The molecule has 5 nitrogen and oxygen atoms in total. The van der Waals surface area contributed by atoms with Crippen LogP contribution in [-0.2, 0) is 17.8 Å². The van der Waals surface area contributed by atoms with Crippen molar-refractivity contribution >= 4 is 5.91 Å². The summed E-state index contributed by atoms with van der Waals surface area (Å²) in [6.07, 6.45) is -0.343. The molecule has 1 aliphatic heterocycles. The van der Waals surface area contributed by atoms with Gasteiger partial charge in [0.15, 0.2) is 0 Å². The molecule has 3 rings (SSSR count). The van der Waals surface area contributed by atoms with E-state index in [-0.39, 0.29) is 5.91 Å². The van der Waals surface area contributed by atoms with Gasteiger partial charge in [0.25, 0.3) is 5.91 Å². The summed E-state index contributed by atoms with van der Waals surface area (Å²) < 4.78 is 5.38. The van der Waals surface area contributed by atoms with E-state index in [0.29, 0.717) is 19.5 Å². The third-order valence-electron chi connectivity index (χ3n) is 3.54. The summed E-state index contributed by atoms with van der Waals surface area (Å²) >= 11 is 0. The lowest BCUT2D eigenvalue weighted by molar-refractivity contribution is -0.140. The molecule has 0 aliphatic carbocycles. The summed E-state index contributed by atoms with van der Waals surface area (Å²) in [5.41, 5.74) is 2.70. The minimum atomic E-state index is -0.975. The van der Waals surface area contributed by atoms with Crippen LogP contribution in [0.2, 0.25) is 0 Å². The summed E-state index contributed by atoms with van der Waals surface area (Å²) in [6.45, 7) is 2.48. The molecule has 20 heavy (non-hydrogen) atoms. The normalized spacial score (nSPS) is 15.8. The average Bonchev–Trinajstić information content (AvgIpc) is 2.90. The van der Waals surface area contributed by atoms with Gasteiger partial charge in [-0.05, 0) is 6.92 Å². The van der Waals surface area contributed by atoms with E-state index in [2.05, 4.69) is 5.16 Å². The number of amides is 1. The SMILES string of the molecule is C[C@H](O)C(=O)N1CCc2onc(-c3ccccc3)c2C1. The molecule has 0 unspecified atom stereocenters. The molecule has 1 aliphatic rings. The lowest BCUT2D eigenvalue weighted by Gasteiger charge is -2.27. The second-order valence-corrected chi connectivity index (χ2v) is 4.98. The molecule has 2 aromatic rings. The first-order chi connectivity index (χ1) is 9.66. The monoisotopic (exact) mass is 272 g/mol. The van der Waals surface area contributed by atoms with Crippen molar-refractivity contribution in [2.45, 2.75) is 26.0 Å². The number of aromatic nitrogens is 1. The van der Waals surface area contributed by atoms with E-state index >= 15 is 0 Å². The molecule has 1 aromatic carbocycles. The molecule has 1 N–H and O–H groups in total. The van der Waals surface area contributed by atoms with E-state index in [1.165, 1.54) is 6.92 Å². The number of fused-ring (bicyclic) bond motifs is 1. The largest absolute Gasteiger partial charge is 0.384 e. The van der Waals surface area contributed by atoms with Gasteiger partial charge in [0.1, 0.15) is 17.6 Å². The Bertz CT molecular complexity index is 619. The van der Waals surface area contributed by atoms with E-state index in [0.717, 1.165) is 22.6 Å². The maximum absolute atomic E-state index is 11.9. The van der Waals surface area contributed by atoms with Gasteiger partial charge in [0.05, 0.1) is 6.54 Å². The van der Waals surface area contributed by atoms with E-state index in [9.17, 15) is 9.90 Å². The third kappa shape index (κ3) is 2.20. The van der Waals surface area contributed by atoms with Gasteiger partial charge in [0, 0.05) is 24.1 Å². The van der Waals surface area contributed by atoms with Gasteiger partial charge in [-0.15, -0.1) is 0 Å². The molecular formula is C15H16N2O3. The van der Waals surface area contributed by atoms with Crippen molar-refractivity contribution in [2.24, 2.45) is 0 Å². The fourth-order valence-electron chi connectivity index (χ4n) is 2.48. The second kappa shape index (κ2) is 5.09. The molecule has 0 saturated carbocycles. The van der Waals surface area contributed by atoms with Crippen LogP contribution in [0.4, 0.5) is 0 Å². The number of nitrogens with zero attached hydrogens (tertiary/aromatic N) is 2. The Morgan fingerprint density at radius 3 is 2.85 bits per heavy atom. The van der Waals surface area contributed by atoms with Crippen molar-refractivity contribution in [3.63, 3.8) is 0 Å². The summed E-state index contributed by atoms with van der Waals surface area (Å²) in [5.74, 6) is 0.578. The highest BCUT2D eigenvalue weighted by Crippen LogP contribution is 2.29. The van der Waals surface area contributed by atoms with E-state index in [4.69, 9.17) is 4.52 Å². The molecule has 0 radical (unpaired) electrons. The number of hydrogen-bond donors (Lipinski definition) is 1. The number of aliphatic hydroxyl groups excluding tert-OH is 1. The van der Waals surface area contributed by atoms with Crippen LogP contribution in [0.25, 0.3) is 11.3 Å². The van der Waals surface area contributed by atoms with Crippen LogP contribution in [0.15, 0.2) is 34.9 Å². The van der Waals surface area contributed by atoms with Gasteiger partial charge >= 0.3 is 0 Å². The molecule has 5 heteroatoms. The third-order valence-corrected chi connectivity index (χ3v) is 3.54. The number of rotatable bonds is 2. The van der Waals surface area contributed by atoms with Crippen LogP contribution in [0, 0.1) is 0 Å². The number of benzene rings is 1. The molecule has 1 amide bonds. The fraction of sp³-hybridized carbons (Fsp3) is 0.333. The minimum absolute atomic E-state index is 0.254. The molecule has 2 heterocycles. The Balaban J connectivity index is 1.93. The summed E-state index contributed by atoms with van der Waals surface area (Å²) in [6, 6.07) is 9.76. The lowest BCUT2D eigenvalue weighted by Crippen LogP contribution is -2.40. The van der Waals surface area contributed by atoms with E-state index < -0.39 is 6.10 Å². The first kappa shape index (κ1) is 12.9. The topological polar surface area (TPSA) is 66.6 Å². The van der Waals surface area contributed by atoms with Crippen molar-refractivity contribution in [3.05, 3.63) is 41.7 Å². The second-order valence-electron chi connectivity index (χ2n) is 4.98. The zero-order chi connectivity index (χ0) is 14.1. The summed E-state index contributed by atoms with van der Waals surface area (Å²) in [7, 11) is 0. The van der Waals surface area contributed by atoms with Crippen LogP contribution in [0.1, 0.15) is 18.2 Å². The molecule has 0 fully saturated rings. The van der Waals surface area contributed by atoms with Crippen molar-refractivity contribution in [1.29, 1.82) is 0 Å². The fourth-order valence-corrected chi connectivity index (χ4v) is 2.48. The van der Waals surface area contributed by atoms with Crippen molar-refractivity contribution in [2.75, 3.05) is 6.54 Å². The minimum Gasteiger partial charge on any atom is -0.384 e. The summed E-state index contributed by atoms with van der Waals surface area (Å²) in [5, 5.41) is 13.6. The molecule has 1 aromatic heterocycles. The Kier molecular flexibility index (Phi) is 3.28. The van der Waals surface area contributed by atoms with Gasteiger partial charge < -0.3 is 14.5 Å². The molecule has 0 saturated heterocycles. The Morgan fingerprint density at radius 1 is 1.40 bits per heavy atom. The Labute approximate surface area is 116 Å². The smallest absolute Gasteiger partial charge is 0.251 e. The average molecular weight is 272 g/mol. The molecule has 1 atom stereocenters. The predicted octanol–water partition coefficient (Wildman–Crippen LogP) is 1.61. The Morgan fingerprint density at radius 2 is 2.15 bits per heavy atom. The highest BCUT2D eigenvalue weighted by molar-refractivity contribution is 5.80. The lowest BCUT2D eigenvalue weighted by atomic mass is 10.0. The van der Waals surface area contributed by atoms with E-state index in [1.807, 2.05) is 30.3 Å². The van der Waals surface area contributed by atoms with Crippen LogP contribution in [0.3, 0.4) is 0 Å². The maximum Gasteiger partial charge on any atom is 0.251 e. The zero-order valence-electron chi connectivity index (χ0n) is 11.2. The van der Waals surface area contributed by atoms with Crippen LogP contribution < -0.4 is 0 Å². The van der Waals surface area contributed by atoms with Crippen molar-refractivity contribution < 1.29 is 14.4 Å². The molecule has 104 valence electrons. The van der Waals surface area contributed by atoms with Crippen molar-refractivity contribution in [3.8, 4) is 11.3 Å². The zero-order valence-corrected chi connectivity index (χ0v) is 11.2. The highest BCUT2D eigenvalue weighted by atomic mass is 16.5. The van der Waals surface area contributed by atoms with Gasteiger partial charge in [-0.2, -0.15) is 0 Å². The van der Waals surface area contributed by atoms with Crippen LogP contribution >= 0.6 is 0 Å². The number of carbonyl (C=O) groups excluding carboxylic acids is 1. The van der Waals surface area contributed by atoms with Gasteiger partial charge in [0.2, 0.25) is 0 Å². The molecular weight excluding hydrogens is 256 g/mol. The first-order valence-corrected chi connectivity index (χ1v) is 6.66. The van der Waals surface area contributed by atoms with Gasteiger partial charge in [-0.3, -0.25) is 4.79 Å². The predicted molar refractivity (Wildman–Crippen MR) is 72.7 cm³/mol. The van der Waals surface area contributed by atoms with Crippen LogP contribution in [0.5, 0.6) is 0 Å². The van der Waals surface area contributed by atoms with Crippen molar-refractivity contribution in [1.82, 2.24) is 10.1 Å². The summed E-state index contributed by atoms with van der Waals surface area (Å²) in [4.78, 5) is 13.6. The standard InChI is InChI=1S/C15H16N2O3/c1-10(18)15(19)17-8-7-13-12(9-17)14(16-20-13)11-5-3-2-4-6-11/h2-6,10,18H,7-9H2,1H3/t10-/m0/s1. The first-order valence-electron chi connectivity index (χ1n) is 6.66. The quantitative estimate of drug-likeness (QED) is 0.902. The highest BCUT2D eigenvalue weighted by Gasteiger charge is 2.28. The number of carbonyl (C=O) groups is 1.